The lowest BCUT2D eigenvalue weighted by Gasteiger charge is -2.04. The summed E-state index contributed by atoms with van der Waals surface area (Å²) < 4.78 is 9.34. The van der Waals surface area contributed by atoms with Gasteiger partial charge in [-0.3, -0.25) is 0 Å². The van der Waals surface area contributed by atoms with Crippen molar-refractivity contribution in [2.45, 2.75) is 39.0 Å². The second-order valence-corrected chi connectivity index (χ2v) is 2.93. The van der Waals surface area contributed by atoms with E-state index in [-0.39, 0.29) is 6.79 Å². The van der Waals surface area contributed by atoms with Crippen LogP contribution in [-0.4, -0.2) is 30.8 Å². The first kappa shape index (κ1) is 12.9. The first-order chi connectivity index (χ1) is 6.27. The molecule has 0 spiro atoms. The summed E-state index contributed by atoms with van der Waals surface area (Å²) >= 11 is 0. The molecule has 0 aliphatic rings. The van der Waals surface area contributed by atoms with Gasteiger partial charge < -0.3 is 19.4 Å². The molecule has 0 aromatic heterocycles. The molecule has 0 aromatic carbocycles. The minimum atomic E-state index is -1.72. The van der Waals surface area contributed by atoms with Crippen molar-refractivity contribution in [1.29, 1.82) is 0 Å². The molecule has 0 aliphatic heterocycles. The topological polar surface area (TPSA) is 58.9 Å². The lowest BCUT2D eigenvalue weighted by atomic mass is 10.2. The highest BCUT2D eigenvalue weighted by Crippen LogP contribution is 2.02. The van der Waals surface area contributed by atoms with Gasteiger partial charge in [-0.25, -0.2) is 0 Å². The van der Waals surface area contributed by atoms with Gasteiger partial charge in [0.05, 0.1) is 0 Å². The molecule has 0 saturated carbocycles. The van der Waals surface area contributed by atoms with Crippen LogP contribution in [0.1, 0.15) is 39.0 Å². The maximum Gasteiger partial charge on any atom is 0.635 e. The van der Waals surface area contributed by atoms with Gasteiger partial charge in [0.15, 0.2) is 0 Å². The van der Waals surface area contributed by atoms with E-state index in [9.17, 15) is 0 Å². The number of hydrogen-bond donors (Lipinski definition) is 2. The van der Waals surface area contributed by atoms with Gasteiger partial charge in [0.2, 0.25) is 0 Å². The molecule has 0 bridgehead atoms. The van der Waals surface area contributed by atoms with Gasteiger partial charge in [0, 0.05) is 6.61 Å². The Labute approximate surface area is 80.0 Å². The van der Waals surface area contributed by atoms with Gasteiger partial charge in [-0.15, -0.1) is 0 Å². The molecule has 13 heavy (non-hydrogen) atoms. The van der Waals surface area contributed by atoms with Gasteiger partial charge in [-0.1, -0.05) is 32.6 Å². The van der Waals surface area contributed by atoms with E-state index in [1.165, 1.54) is 19.3 Å². The van der Waals surface area contributed by atoms with Crippen molar-refractivity contribution in [1.82, 2.24) is 0 Å². The number of unbranched alkanes of at least 4 members (excludes halogenated alkanes) is 4. The van der Waals surface area contributed by atoms with Gasteiger partial charge in [-0.2, -0.15) is 0 Å². The van der Waals surface area contributed by atoms with Crippen LogP contribution in [0.4, 0.5) is 0 Å². The SMILES string of the molecule is CCCCCCCOCOB(O)O. The molecule has 0 fully saturated rings. The van der Waals surface area contributed by atoms with Crippen molar-refractivity contribution in [3.8, 4) is 0 Å². The third-order valence-electron chi connectivity index (χ3n) is 1.69. The molecule has 0 atom stereocenters. The summed E-state index contributed by atoms with van der Waals surface area (Å²) in [5, 5.41) is 16.6. The van der Waals surface area contributed by atoms with E-state index in [4.69, 9.17) is 14.8 Å². The standard InChI is InChI=1S/C8H19BO4/c1-2-3-4-5-6-7-12-8-13-9(10)11/h10-11H,2-8H2,1H3. The largest absolute Gasteiger partial charge is 0.635 e. The molecule has 5 heteroatoms. The van der Waals surface area contributed by atoms with Crippen molar-refractivity contribution in [3.63, 3.8) is 0 Å². The summed E-state index contributed by atoms with van der Waals surface area (Å²) in [4.78, 5) is 0. The molecule has 0 heterocycles. The van der Waals surface area contributed by atoms with Crippen molar-refractivity contribution < 1.29 is 19.4 Å². The highest BCUT2D eigenvalue weighted by Gasteiger charge is 2.06. The summed E-state index contributed by atoms with van der Waals surface area (Å²) in [6, 6.07) is 0. The minimum absolute atomic E-state index is 0.0502. The number of hydrogen-bond acceptors (Lipinski definition) is 4. The Morgan fingerprint density at radius 3 is 2.38 bits per heavy atom. The quantitative estimate of drug-likeness (QED) is 0.322. The second-order valence-electron chi connectivity index (χ2n) is 2.93. The second kappa shape index (κ2) is 9.99. The summed E-state index contributed by atoms with van der Waals surface area (Å²) in [6.45, 7) is 2.74. The third kappa shape index (κ3) is 11.9. The summed E-state index contributed by atoms with van der Waals surface area (Å²) in [6.07, 6.45) is 5.91. The zero-order valence-corrected chi connectivity index (χ0v) is 8.24. The molecular formula is C8H19BO4. The van der Waals surface area contributed by atoms with Crippen molar-refractivity contribution in [2.75, 3.05) is 13.4 Å². The van der Waals surface area contributed by atoms with Gasteiger partial charge in [0.25, 0.3) is 0 Å². The lowest BCUT2D eigenvalue weighted by molar-refractivity contribution is -0.0121. The maximum absolute atomic E-state index is 8.28. The Bertz CT molecular complexity index is 100. The number of rotatable bonds is 9. The zero-order valence-electron chi connectivity index (χ0n) is 8.24. The van der Waals surface area contributed by atoms with Gasteiger partial charge in [-0.05, 0) is 6.42 Å². The smallest absolute Gasteiger partial charge is 0.402 e. The van der Waals surface area contributed by atoms with E-state index in [2.05, 4.69) is 11.6 Å². The summed E-state index contributed by atoms with van der Waals surface area (Å²) in [7, 11) is -1.72. The fourth-order valence-corrected chi connectivity index (χ4v) is 0.976. The molecule has 0 amide bonds. The maximum atomic E-state index is 8.28. The Balaban J connectivity index is 2.84. The molecule has 0 radical (unpaired) electrons. The van der Waals surface area contributed by atoms with Crippen molar-refractivity contribution in [3.05, 3.63) is 0 Å². The van der Waals surface area contributed by atoms with Crippen LogP contribution in [0.5, 0.6) is 0 Å². The number of ether oxygens (including phenoxy) is 1. The third-order valence-corrected chi connectivity index (χ3v) is 1.69. The van der Waals surface area contributed by atoms with Crippen LogP contribution >= 0.6 is 0 Å². The van der Waals surface area contributed by atoms with E-state index >= 15 is 0 Å². The highest BCUT2D eigenvalue weighted by atomic mass is 16.7. The predicted octanol–water partition coefficient (Wildman–Crippen LogP) is 0.917. The zero-order chi connectivity index (χ0) is 9.94. The van der Waals surface area contributed by atoms with Crippen LogP contribution in [-0.2, 0) is 9.39 Å². The first-order valence-electron chi connectivity index (χ1n) is 4.83. The summed E-state index contributed by atoms with van der Waals surface area (Å²) in [5.41, 5.74) is 0. The normalized spacial score (nSPS) is 10.4. The van der Waals surface area contributed by atoms with Gasteiger partial charge >= 0.3 is 7.32 Å². The van der Waals surface area contributed by atoms with Crippen molar-refractivity contribution in [2.24, 2.45) is 0 Å². The van der Waals surface area contributed by atoms with E-state index in [1.54, 1.807) is 0 Å². The van der Waals surface area contributed by atoms with E-state index in [1.807, 2.05) is 0 Å². The van der Waals surface area contributed by atoms with E-state index in [0.29, 0.717) is 6.61 Å². The minimum Gasteiger partial charge on any atom is -0.402 e. The average molecular weight is 190 g/mol. The Hall–Kier alpha value is -0.0951. The van der Waals surface area contributed by atoms with E-state index < -0.39 is 7.32 Å². The Kier molecular flexibility index (Phi) is 9.92. The molecule has 78 valence electrons. The summed E-state index contributed by atoms with van der Waals surface area (Å²) in [5.74, 6) is 0. The molecule has 0 aromatic rings. The Morgan fingerprint density at radius 1 is 1.08 bits per heavy atom. The van der Waals surface area contributed by atoms with Crippen LogP contribution in [0, 0.1) is 0 Å². The van der Waals surface area contributed by atoms with Crippen LogP contribution in [0.3, 0.4) is 0 Å². The van der Waals surface area contributed by atoms with E-state index in [0.717, 1.165) is 12.8 Å². The molecule has 0 saturated heterocycles. The highest BCUT2D eigenvalue weighted by molar-refractivity contribution is 6.32. The first-order valence-corrected chi connectivity index (χ1v) is 4.83. The fraction of sp³-hybridized carbons (Fsp3) is 1.00. The molecule has 4 nitrogen and oxygen atoms in total. The monoisotopic (exact) mass is 190 g/mol. The molecule has 0 unspecified atom stereocenters. The lowest BCUT2D eigenvalue weighted by Crippen LogP contribution is -2.18. The van der Waals surface area contributed by atoms with Crippen molar-refractivity contribution >= 4 is 7.32 Å². The molecular weight excluding hydrogens is 171 g/mol. The van der Waals surface area contributed by atoms with Crippen LogP contribution in [0.2, 0.25) is 0 Å². The molecule has 0 rings (SSSR count). The van der Waals surface area contributed by atoms with Crippen LogP contribution in [0.15, 0.2) is 0 Å². The molecule has 0 aliphatic carbocycles. The Morgan fingerprint density at radius 2 is 1.77 bits per heavy atom. The van der Waals surface area contributed by atoms with Gasteiger partial charge in [0.1, 0.15) is 6.79 Å². The fourth-order valence-electron chi connectivity index (χ4n) is 0.976. The van der Waals surface area contributed by atoms with Crippen LogP contribution < -0.4 is 0 Å². The molecule has 2 N–H and O–H groups in total. The van der Waals surface area contributed by atoms with Crippen LogP contribution in [0.25, 0.3) is 0 Å². The average Bonchev–Trinajstić information content (AvgIpc) is 2.09. The predicted molar refractivity (Wildman–Crippen MR) is 50.9 cm³/mol.